The number of imidazole rings is 1. The normalized spacial score (nSPS) is 21.8. The van der Waals surface area contributed by atoms with Gasteiger partial charge in [-0.05, 0) is 62.4 Å². The number of aromatic nitrogens is 2. The van der Waals surface area contributed by atoms with E-state index in [2.05, 4.69) is 51.1 Å². The van der Waals surface area contributed by atoms with Gasteiger partial charge in [-0.15, -0.1) is 0 Å². The molecule has 2 fully saturated rings. The molecule has 1 saturated heterocycles. The van der Waals surface area contributed by atoms with Crippen molar-refractivity contribution >= 4 is 11.6 Å². The lowest BCUT2D eigenvalue weighted by atomic mass is 9.93. The second-order valence-electron chi connectivity index (χ2n) is 7.50. The Labute approximate surface area is 155 Å². The number of nitrogens with zero attached hydrogens (tertiary/aromatic N) is 3. The van der Waals surface area contributed by atoms with Gasteiger partial charge in [0.1, 0.15) is 5.82 Å². The first-order valence-electron chi connectivity index (χ1n) is 9.39. The highest BCUT2D eigenvalue weighted by molar-refractivity contribution is 6.30. The van der Waals surface area contributed by atoms with Gasteiger partial charge >= 0.3 is 0 Å². The number of hydrogen-bond donors (Lipinski definition) is 1. The Hall–Kier alpha value is -1.36. The van der Waals surface area contributed by atoms with Crippen LogP contribution < -0.4 is 5.32 Å². The summed E-state index contributed by atoms with van der Waals surface area (Å²) in [4.78, 5) is 7.24. The summed E-state index contributed by atoms with van der Waals surface area (Å²) in [5.41, 5.74) is 1.81. The van der Waals surface area contributed by atoms with Crippen LogP contribution in [0.25, 0.3) is 0 Å². The molecule has 2 aliphatic rings. The van der Waals surface area contributed by atoms with Gasteiger partial charge in [0.2, 0.25) is 0 Å². The summed E-state index contributed by atoms with van der Waals surface area (Å²) in [6, 6.07) is 8.94. The maximum Gasteiger partial charge on any atom is 0.122 e. The van der Waals surface area contributed by atoms with Crippen LogP contribution in [0.15, 0.2) is 36.7 Å². The van der Waals surface area contributed by atoms with Gasteiger partial charge in [-0.1, -0.05) is 23.7 Å². The molecule has 1 aromatic heterocycles. The first-order valence-corrected chi connectivity index (χ1v) is 9.77. The topological polar surface area (TPSA) is 33.1 Å². The molecular weight excluding hydrogens is 332 g/mol. The number of piperidine rings is 1. The van der Waals surface area contributed by atoms with Crippen LogP contribution in [-0.2, 0) is 19.6 Å². The Morgan fingerprint density at radius 2 is 2.16 bits per heavy atom. The number of rotatable bonds is 6. The Morgan fingerprint density at radius 1 is 1.32 bits per heavy atom. The monoisotopic (exact) mass is 358 g/mol. The molecule has 5 heteroatoms. The maximum atomic E-state index is 6.21. The zero-order valence-corrected chi connectivity index (χ0v) is 15.7. The summed E-state index contributed by atoms with van der Waals surface area (Å²) >= 11 is 6.21. The third kappa shape index (κ3) is 3.62. The Kier molecular flexibility index (Phi) is 4.85. The highest BCUT2D eigenvalue weighted by atomic mass is 35.5. The van der Waals surface area contributed by atoms with Crippen LogP contribution in [0.2, 0.25) is 5.02 Å². The van der Waals surface area contributed by atoms with Crippen molar-refractivity contribution in [3.05, 3.63) is 53.1 Å². The molecule has 1 aliphatic carbocycles. The molecule has 0 bridgehead atoms. The van der Waals surface area contributed by atoms with E-state index in [9.17, 15) is 0 Å². The summed E-state index contributed by atoms with van der Waals surface area (Å²) in [6.07, 6.45) is 7.92. The standard InChI is InChI=1S/C20H27ClN4/c1-2-24-11-10-23-19(24)15-25(14-16-4-3-5-17(21)12-16)18-13-20(18)6-8-22-9-7-20/h3-5,10-12,18,22H,2,6-9,13-15H2,1H3/t18-/m1/s1. The van der Waals surface area contributed by atoms with Crippen molar-refractivity contribution in [3.8, 4) is 0 Å². The predicted octanol–water partition coefficient (Wildman–Crippen LogP) is 3.70. The number of nitrogens with one attached hydrogen (secondary N) is 1. The number of aryl methyl sites for hydroxylation is 1. The zero-order chi connectivity index (χ0) is 17.3. The summed E-state index contributed by atoms with van der Waals surface area (Å²) in [7, 11) is 0. The molecule has 1 aromatic carbocycles. The highest BCUT2D eigenvalue weighted by Gasteiger charge is 2.56. The Balaban J connectivity index is 1.55. The van der Waals surface area contributed by atoms with Crippen LogP contribution in [0, 0.1) is 5.41 Å². The van der Waals surface area contributed by atoms with E-state index in [-0.39, 0.29) is 0 Å². The number of benzene rings is 1. The van der Waals surface area contributed by atoms with Gasteiger partial charge in [0.15, 0.2) is 0 Å². The van der Waals surface area contributed by atoms with Crippen molar-refractivity contribution in [2.75, 3.05) is 13.1 Å². The van der Waals surface area contributed by atoms with Gasteiger partial charge in [0, 0.05) is 36.5 Å². The van der Waals surface area contributed by atoms with Crippen molar-refractivity contribution in [2.24, 2.45) is 5.41 Å². The van der Waals surface area contributed by atoms with Gasteiger partial charge < -0.3 is 9.88 Å². The van der Waals surface area contributed by atoms with Crippen LogP contribution >= 0.6 is 11.6 Å². The minimum absolute atomic E-state index is 0.521. The summed E-state index contributed by atoms with van der Waals surface area (Å²) in [5.74, 6) is 1.17. The molecule has 1 atom stereocenters. The van der Waals surface area contributed by atoms with E-state index < -0.39 is 0 Å². The van der Waals surface area contributed by atoms with Gasteiger partial charge in [0.25, 0.3) is 0 Å². The lowest BCUT2D eigenvalue weighted by Gasteiger charge is -2.29. The fourth-order valence-electron chi connectivity index (χ4n) is 4.41. The molecule has 1 spiro atoms. The van der Waals surface area contributed by atoms with Gasteiger partial charge in [0.05, 0.1) is 6.54 Å². The van der Waals surface area contributed by atoms with Crippen molar-refractivity contribution in [1.82, 2.24) is 19.8 Å². The maximum absolute atomic E-state index is 6.21. The minimum Gasteiger partial charge on any atom is -0.334 e. The average molecular weight is 359 g/mol. The molecule has 4 nitrogen and oxygen atoms in total. The Bertz CT molecular complexity index is 720. The van der Waals surface area contributed by atoms with Gasteiger partial charge in [-0.3, -0.25) is 4.90 Å². The summed E-state index contributed by atoms with van der Waals surface area (Å²) in [6.45, 7) is 7.32. The smallest absolute Gasteiger partial charge is 0.122 e. The van der Waals surface area contributed by atoms with E-state index in [0.29, 0.717) is 11.5 Å². The van der Waals surface area contributed by atoms with Crippen LogP contribution in [0.5, 0.6) is 0 Å². The van der Waals surface area contributed by atoms with Gasteiger partial charge in [-0.25, -0.2) is 4.98 Å². The second kappa shape index (κ2) is 7.10. The molecule has 4 rings (SSSR count). The molecular formula is C20H27ClN4. The minimum atomic E-state index is 0.521. The van der Waals surface area contributed by atoms with Crippen LogP contribution in [0.4, 0.5) is 0 Å². The van der Waals surface area contributed by atoms with E-state index in [1.54, 1.807) is 0 Å². The lowest BCUT2D eigenvalue weighted by molar-refractivity contribution is 0.182. The first kappa shape index (κ1) is 17.1. The quantitative estimate of drug-likeness (QED) is 0.854. The largest absolute Gasteiger partial charge is 0.334 e. The fraction of sp³-hybridized carbons (Fsp3) is 0.550. The number of hydrogen-bond acceptors (Lipinski definition) is 3. The van der Waals surface area contributed by atoms with Crippen LogP contribution in [-0.4, -0.2) is 33.6 Å². The van der Waals surface area contributed by atoms with Gasteiger partial charge in [-0.2, -0.15) is 0 Å². The molecule has 0 amide bonds. The van der Waals surface area contributed by atoms with E-state index in [0.717, 1.165) is 37.7 Å². The fourth-order valence-corrected chi connectivity index (χ4v) is 4.62. The van der Waals surface area contributed by atoms with E-state index in [1.807, 2.05) is 12.3 Å². The molecule has 1 saturated carbocycles. The molecule has 1 N–H and O–H groups in total. The third-order valence-electron chi connectivity index (χ3n) is 5.95. The summed E-state index contributed by atoms with van der Waals surface area (Å²) in [5, 5.41) is 4.33. The average Bonchev–Trinajstić information content (AvgIpc) is 3.10. The van der Waals surface area contributed by atoms with Crippen LogP contribution in [0.1, 0.15) is 37.6 Å². The molecule has 2 heterocycles. The number of halogens is 1. The van der Waals surface area contributed by atoms with Crippen molar-refractivity contribution in [1.29, 1.82) is 0 Å². The molecule has 25 heavy (non-hydrogen) atoms. The second-order valence-corrected chi connectivity index (χ2v) is 7.93. The molecule has 0 radical (unpaired) electrons. The molecule has 2 aromatic rings. The van der Waals surface area contributed by atoms with Crippen LogP contribution in [0.3, 0.4) is 0 Å². The third-order valence-corrected chi connectivity index (χ3v) is 6.18. The molecule has 0 unspecified atom stereocenters. The van der Waals surface area contributed by atoms with Crippen molar-refractivity contribution in [3.63, 3.8) is 0 Å². The highest BCUT2D eigenvalue weighted by Crippen LogP contribution is 2.56. The van der Waals surface area contributed by atoms with E-state index in [1.165, 1.54) is 30.7 Å². The SMILES string of the molecule is CCn1ccnc1CN(Cc1cccc(Cl)c1)[C@@H]1CC12CCNCC2. The van der Waals surface area contributed by atoms with Crippen molar-refractivity contribution in [2.45, 2.75) is 51.9 Å². The molecule has 1 aliphatic heterocycles. The molecule has 134 valence electrons. The zero-order valence-electron chi connectivity index (χ0n) is 14.9. The summed E-state index contributed by atoms with van der Waals surface area (Å²) < 4.78 is 2.25. The predicted molar refractivity (Wildman–Crippen MR) is 102 cm³/mol. The lowest BCUT2D eigenvalue weighted by Crippen LogP contribution is -2.36. The first-order chi connectivity index (χ1) is 12.2. The van der Waals surface area contributed by atoms with E-state index in [4.69, 9.17) is 11.6 Å². The van der Waals surface area contributed by atoms with E-state index >= 15 is 0 Å². The Morgan fingerprint density at radius 3 is 2.92 bits per heavy atom. The van der Waals surface area contributed by atoms with Crippen molar-refractivity contribution < 1.29 is 0 Å².